The molecule has 8 nitrogen and oxygen atoms in total. The Kier molecular flexibility index (Phi) is 6.18. The molecule has 9 heteroatoms. The van der Waals surface area contributed by atoms with E-state index in [0.29, 0.717) is 5.82 Å². The lowest BCUT2D eigenvalue weighted by molar-refractivity contribution is -0.137. The molecule has 0 spiro atoms. The minimum absolute atomic E-state index is 0.141. The number of hydrogen-bond acceptors (Lipinski definition) is 6. The molecule has 4 aromatic rings. The summed E-state index contributed by atoms with van der Waals surface area (Å²) in [4.78, 5) is 41.4. The van der Waals surface area contributed by atoms with Gasteiger partial charge in [-0.3, -0.25) is 14.4 Å². The Bertz CT molecular complexity index is 1250. The number of rotatable bonds is 8. The number of nitrogens with zero attached hydrogens (tertiary/aromatic N) is 3. The second kappa shape index (κ2) is 9.36. The molecule has 32 heavy (non-hydrogen) atoms. The summed E-state index contributed by atoms with van der Waals surface area (Å²) in [6, 6.07) is 17.7. The summed E-state index contributed by atoms with van der Waals surface area (Å²) in [5.74, 6) is -2.16. The molecular formula is C23H19N5O3S. The van der Waals surface area contributed by atoms with Crippen LogP contribution in [0.1, 0.15) is 15.2 Å². The molecule has 0 radical (unpaired) electrons. The van der Waals surface area contributed by atoms with Crippen LogP contribution in [0.2, 0.25) is 0 Å². The molecule has 0 fully saturated rings. The molecular weight excluding hydrogens is 426 g/mol. The fraction of sp³-hybridized carbons (Fsp3) is 0.0870. The summed E-state index contributed by atoms with van der Waals surface area (Å²) in [5.41, 5.74) is 9.37. The average Bonchev–Trinajstić information content (AvgIpc) is 3.49. The molecule has 0 saturated carbocycles. The van der Waals surface area contributed by atoms with Gasteiger partial charge in [-0.25, -0.2) is 9.67 Å². The van der Waals surface area contributed by atoms with Crippen LogP contribution in [0, 0.1) is 0 Å². The lowest BCUT2D eigenvalue weighted by Crippen LogP contribution is -2.47. The van der Waals surface area contributed by atoms with E-state index in [9.17, 15) is 14.4 Å². The van der Waals surface area contributed by atoms with Gasteiger partial charge >= 0.3 is 0 Å². The number of hydrogen-bond donors (Lipinski definition) is 2. The van der Waals surface area contributed by atoms with Crippen molar-refractivity contribution >= 4 is 28.9 Å². The summed E-state index contributed by atoms with van der Waals surface area (Å²) in [5, 5.41) is 6.97. The number of aromatic nitrogens is 3. The quantitative estimate of drug-likeness (QED) is 0.404. The summed E-state index contributed by atoms with van der Waals surface area (Å²) in [7, 11) is 0. The number of amides is 2. The third kappa shape index (κ3) is 4.62. The standard InChI is InChI=1S/C23H19N5O3S/c24-21(30)19(29)18(11-15-7-3-1-4-8-15)27-23(31)20-22(25-14-32-20)28-13-17(12-26-28)16-9-5-2-6-10-16/h1-10,12-14,18H,11H2,(H2,24,30)(H,27,31)/t18-/m0/s1. The smallest absolute Gasteiger partial charge is 0.287 e. The Balaban J connectivity index is 1.57. The fourth-order valence-corrected chi connectivity index (χ4v) is 3.91. The molecule has 0 aliphatic heterocycles. The first-order valence-corrected chi connectivity index (χ1v) is 10.6. The van der Waals surface area contributed by atoms with E-state index in [1.165, 1.54) is 10.2 Å². The van der Waals surface area contributed by atoms with Gasteiger partial charge in [-0.2, -0.15) is 5.10 Å². The number of Topliss-reactive ketones (excluding diaryl/α,β-unsaturated/α-hetero) is 1. The molecule has 4 rings (SSSR count). The number of primary amides is 1. The molecule has 2 aromatic carbocycles. The third-order valence-corrected chi connectivity index (χ3v) is 5.62. The Hall–Kier alpha value is -4.11. The zero-order valence-corrected chi connectivity index (χ0v) is 17.7. The van der Waals surface area contributed by atoms with Gasteiger partial charge in [0.25, 0.3) is 11.8 Å². The highest BCUT2D eigenvalue weighted by Gasteiger charge is 2.28. The van der Waals surface area contributed by atoms with Crippen molar-refractivity contribution in [1.29, 1.82) is 0 Å². The second-order valence-corrected chi connectivity index (χ2v) is 7.84. The van der Waals surface area contributed by atoms with Crippen molar-refractivity contribution in [3.63, 3.8) is 0 Å². The number of benzene rings is 2. The van der Waals surface area contributed by atoms with Crippen LogP contribution in [-0.4, -0.2) is 38.4 Å². The van der Waals surface area contributed by atoms with E-state index in [1.54, 1.807) is 24.5 Å². The van der Waals surface area contributed by atoms with Gasteiger partial charge in [0.05, 0.1) is 11.7 Å². The van der Waals surface area contributed by atoms with E-state index in [2.05, 4.69) is 15.4 Å². The van der Waals surface area contributed by atoms with Gasteiger partial charge in [-0.1, -0.05) is 60.7 Å². The zero-order valence-electron chi connectivity index (χ0n) is 16.8. The van der Waals surface area contributed by atoms with Crippen LogP contribution in [0.5, 0.6) is 0 Å². The molecule has 0 aliphatic carbocycles. The molecule has 0 unspecified atom stereocenters. The first-order valence-electron chi connectivity index (χ1n) is 9.75. The van der Waals surface area contributed by atoms with Gasteiger partial charge in [-0.05, 0) is 11.1 Å². The van der Waals surface area contributed by atoms with Crippen LogP contribution in [0.4, 0.5) is 0 Å². The van der Waals surface area contributed by atoms with E-state index in [-0.39, 0.29) is 11.3 Å². The monoisotopic (exact) mass is 445 g/mol. The SMILES string of the molecule is NC(=O)C(=O)[C@H](Cc1ccccc1)NC(=O)c1scnc1-n1cc(-c2ccccc2)cn1. The van der Waals surface area contributed by atoms with Gasteiger partial charge in [-0.15, -0.1) is 11.3 Å². The predicted octanol–water partition coefficient (Wildman–Crippen LogP) is 2.39. The Morgan fingerprint density at radius 1 is 1.00 bits per heavy atom. The number of carbonyl (C=O) groups is 3. The normalized spacial score (nSPS) is 11.6. The van der Waals surface area contributed by atoms with Crippen molar-refractivity contribution in [3.8, 4) is 16.9 Å². The van der Waals surface area contributed by atoms with Crippen molar-refractivity contribution in [3.05, 3.63) is 89.0 Å². The Morgan fingerprint density at radius 3 is 2.38 bits per heavy atom. The highest BCUT2D eigenvalue weighted by atomic mass is 32.1. The maximum absolute atomic E-state index is 13.0. The molecule has 160 valence electrons. The minimum Gasteiger partial charge on any atom is -0.363 e. The highest BCUT2D eigenvalue weighted by molar-refractivity contribution is 7.12. The third-order valence-electron chi connectivity index (χ3n) is 4.81. The van der Waals surface area contributed by atoms with Crippen LogP contribution in [-0.2, 0) is 16.0 Å². The Morgan fingerprint density at radius 2 is 1.69 bits per heavy atom. The highest BCUT2D eigenvalue weighted by Crippen LogP contribution is 2.22. The van der Waals surface area contributed by atoms with E-state index >= 15 is 0 Å². The lowest BCUT2D eigenvalue weighted by atomic mass is 10.0. The largest absolute Gasteiger partial charge is 0.363 e. The summed E-state index contributed by atoms with van der Waals surface area (Å²) < 4.78 is 1.51. The van der Waals surface area contributed by atoms with Crippen LogP contribution in [0.25, 0.3) is 16.9 Å². The molecule has 0 bridgehead atoms. The van der Waals surface area contributed by atoms with Crippen LogP contribution < -0.4 is 11.1 Å². The summed E-state index contributed by atoms with van der Waals surface area (Å²) >= 11 is 1.11. The molecule has 2 aromatic heterocycles. The maximum Gasteiger partial charge on any atom is 0.287 e. The molecule has 2 heterocycles. The number of ketones is 1. The van der Waals surface area contributed by atoms with Crippen molar-refractivity contribution in [1.82, 2.24) is 20.1 Å². The van der Waals surface area contributed by atoms with Gasteiger partial charge in [0.1, 0.15) is 10.9 Å². The van der Waals surface area contributed by atoms with Crippen molar-refractivity contribution in [2.75, 3.05) is 0 Å². The number of nitrogens with two attached hydrogens (primary N) is 1. The van der Waals surface area contributed by atoms with Gasteiger partial charge in [0, 0.05) is 18.2 Å². The van der Waals surface area contributed by atoms with Crippen molar-refractivity contribution < 1.29 is 14.4 Å². The predicted molar refractivity (Wildman–Crippen MR) is 120 cm³/mol. The summed E-state index contributed by atoms with van der Waals surface area (Å²) in [6.45, 7) is 0. The minimum atomic E-state index is -1.10. The molecule has 3 N–H and O–H groups in total. The number of nitrogens with one attached hydrogen (secondary N) is 1. The van der Waals surface area contributed by atoms with Crippen LogP contribution in [0.15, 0.2) is 78.6 Å². The van der Waals surface area contributed by atoms with E-state index in [1.807, 2.05) is 48.5 Å². The molecule has 1 atom stereocenters. The average molecular weight is 446 g/mol. The van der Waals surface area contributed by atoms with Crippen molar-refractivity contribution in [2.45, 2.75) is 12.5 Å². The first kappa shape index (κ1) is 21.1. The maximum atomic E-state index is 13.0. The topological polar surface area (TPSA) is 120 Å². The first-order chi connectivity index (χ1) is 15.5. The van der Waals surface area contributed by atoms with E-state index in [4.69, 9.17) is 5.73 Å². The van der Waals surface area contributed by atoms with Gasteiger partial charge in [0.15, 0.2) is 5.82 Å². The van der Waals surface area contributed by atoms with E-state index < -0.39 is 23.6 Å². The van der Waals surface area contributed by atoms with Crippen molar-refractivity contribution in [2.24, 2.45) is 5.73 Å². The van der Waals surface area contributed by atoms with E-state index in [0.717, 1.165) is 28.0 Å². The van der Waals surface area contributed by atoms with Gasteiger partial charge < -0.3 is 11.1 Å². The molecule has 0 aliphatic rings. The zero-order chi connectivity index (χ0) is 22.5. The second-order valence-electron chi connectivity index (χ2n) is 6.99. The molecule has 0 saturated heterocycles. The number of thiazole rings is 1. The van der Waals surface area contributed by atoms with Gasteiger partial charge in [0.2, 0.25) is 5.78 Å². The lowest BCUT2D eigenvalue weighted by Gasteiger charge is -2.16. The summed E-state index contributed by atoms with van der Waals surface area (Å²) in [6.07, 6.45) is 3.60. The molecule has 2 amide bonds. The fourth-order valence-electron chi connectivity index (χ4n) is 3.23. The van der Waals surface area contributed by atoms with Crippen LogP contribution in [0.3, 0.4) is 0 Å². The Labute approximate surface area is 187 Å². The van der Waals surface area contributed by atoms with Crippen LogP contribution >= 0.6 is 11.3 Å². The number of carbonyl (C=O) groups excluding carboxylic acids is 3.